The number of rotatable bonds is 5. The van der Waals surface area contributed by atoms with Crippen molar-refractivity contribution < 1.29 is 43.2 Å². The van der Waals surface area contributed by atoms with Crippen molar-refractivity contribution in [1.82, 2.24) is 5.32 Å². The number of hydrogen-bond acceptors (Lipinski definition) is 9. The Morgan fingerprint density at radius 1 is 0.958 bits per heavy atom. The molecule has 0 bridgehead atoms. The van der Waals surface area contributed by atoms with Gasteiger partial charge in [-0.05, 0) is 0 Å². The predicted octanol–water partition coefficient (Wildman–Crippen LogP) is -1.37. The number of hydrogen-bond donors (Lipinski definition) is 2. The van der Waals surface area contributed by atoms with E-state index in [1.165, 1.54) is 13.8 Å². The summed E-state index contributed by atoms with van der Waals surface area (Å²) < 4.78 is 20.2. The van der Waals surface area contributed by atoms with E-state index in [2.05, 4.69) is 5.32 Å². The minimum absolute atomic E-state index is 0.326. The van der Waals surface area contributed by atoms with Crippen LogP contribution in [-0.4, -0.2) is 66.2 Å². The molecule has 24 heavy (non-hydrogen) atoms. The average molecular weight is 347 g/mol. The number of carbonyl (C=O) groups is 4. The van der Waals surface area contributed by atoms with Crippen molar-refractivity contribution in [2.24, 2.45) is 0 Å². The number of amides is 1. The lowest BCUT2D eigenvalue weighted by Gasteiger charge is -2.43. The highest BCUT2D eigenvalue weighted by molar-refractivity contribution is 5.74. The lowest BCUT2D eigenvalue weighted by Crippen LogP contribution is -2.66. The van der Waals surface area contributed by atoms with Gasteiger partial charge in [0.05, 0.1) is 0 Å². The van der Waals surface area contributed by atoms with Crippen LogP contribution in [0.15, 0.2) is 0 Å². The summed E-state index contributed by atoms with van der Waals surface area (Å²) in [6, 6.07) is -1.08. The molecule has 0 unspecified atom stereocenters. The Morgan fingerprint density at radius 3 is 1.96 bits per heavy atom. The van der Waals surface area contributed by atoms with Gasteiger partial charge in [-0.15, -0.1) is 0 Å². The fourth-order valence-corrected chi connectivity index (χ4v) is 2.33. The molecule has 1 fully saturated rings. The van der Waals surface area contributed by atoms with Gasteiger partial charge in [0.1, 0.15) is 18.8 Å². The van der Waals surface area contributed by atoms with Gasteiger partial charge in [-0.1, -0.05) is 0 Å². The summed E-state index contributed by atoms with van der Waals surface area (Å²) in [5.74, 6) is -2.52. The highest BCUT2D eigenvalue weighted by atomic mass is 16.7. The monoisotopic (exact) mass is 347 g/mol. The summed E-state index contributed by atoms with van der Waals surface area (Å²) in [4.78, 5) is 45.0. The molecule has 0 aromatic rings. The van der Waals surface area contributed by atoms with E-state index in [-0.39, 0.29) is 6.61 Å². The van der Waals surface area contributed by atoms with E-state index in [1.54, 1.807) is 0 Å². The van der Waals surface area contributed by atoms with Crippen LogP contribution in [0.5, 0.6) is 0 Å². The zero-order chi connectivity index (χ0) is 18.4. The molecular weight excluding hydrogens is 326 g/mol. The number of ether oxygens (including phenoxy) is 4. The molecule has 0 aromatic heterocycles. The summed E-state index contributed by atoms with van der Waals surface area (Å²) in [7, 11) is 0. The Labute approximate surface area is 138 Å². The summed E-state index contributed by atoms with van der Waals surface area (Å²) >= 11 is 0. The molecule has 0 aromatic carbocycles. The van der Waals surface area contributed by atoms with E-state index in [4.69, 9.17) is 18.9 Å². The molecule has 1 rings (SSSR count). The van der Waals surface area contributed by atoms with E-state index in [0.29, 0.717) is 0 Å². The zero-order valence-electron chi connectivity index (χ0n) is 13.8. The third kappa shape index (κ3) is 5.78. The van der Waals surface area contributed by atoms with Crippen LogP contribution in [0.2, 0.25) is 0 Å². The summed E-state index contributed by atoms with van der Waals surface area (Å²) in [5.41, 5.74) is 0. The molecule has 1 saturated heterocycles. The molecule has 0 saturated carbocycles. The van der Waals surface area contributed by atoms with Gasteiger partial charge in [-0.2, -0.15) is 0 Å². The first-order valence-corrected chi connectivity index (χ1v) is 7.20. The summed E-state index contributed by atoms with van der Waals surface area (Å²) in [6.07, 6.45) is -5.11. The second kappa shape index (κ2) is 8.60. The fraction of sp³-hybridized carbons (Fsp3) is 0.714. The van der Waals surface area contributed by atoms with Crippen molar-refractivity contribution in [3.8, 4) is 0 Å². The normalized spacial score (nSPS) is 29.3. The molecule has 10 nitrogen and oxygen atoms in total. The minimum Gasteiger partial charge on any atom is -0.463 e. The largest absolute Gasteiger partial charge is 0.463 e. The van der Waals surface area contributed by atoms with Crippen LogP contribution in [-0.2, 0) is 38.1 Å². The smallest absolute Gasteiger partial charge is 0.303 e. The van der Waals surface area contributed by atoms with Gasteiger partial charge in [0.15, 0.2) is 18.5 Å². The second-order valence-corrected chi connectivity index (χ2v) is 5.24. The third-order valence-electron chi connectivity index (χ3n) is 3.09. The maximum absolute atomic E-state index is 11.5. The first kappa shape index (κ1) is 19.8. The highest BCUT2D eigenvalue weighted by Crippen LogP contribution is 2.25. The van der Waals surface area contributed by atoms with Crippen LogP contribution in [0, 0.1) is 0 Å². The van der Waals surface area contributed by atoms with Crippen molar-refractivity contribution in [1.29, 1.82) is 0 Å². The molecule has 0 radical (unpaired) electrons. The van der Waals surface area contributed by atoms with Gasteiger partial charge in [0.25, 0.3) is 0 Å². The first-order valence-electron chi connectivity index (χ1n) is 7.20. The second-order valence-electron chi connectivity index (χ2n) is 5.24. The molecule has 10 heteroatoms. The quantitative estimate of drug-likeness (QED) is 0.456. The Balaban J connectivity index is 3.11. The summed E-state index contributed by atoms with van der Waals surface area (Å²) in [6.45, 7) is 4.31. The van der Waals surface area contributed by atoms with Gasteiger partial charge in [0, 0.05) is 27.7 Å². The number of esters is 3. The molecule has 0 spiro atoms. The van der Waals surface area contributed by atoms with Crippen molar-refractivity contribution >= 4 is 23.8 Å². The number of carbonyl (C=O) groups excluding carboxylic acids is 4. The van der Waals surface area contributed by atoms with Crippen molar-refractivity contribution in [3.63, 3.8) is 0 Å². The van der Waals surface area contributed by atoms with E-state index in [9.17, 15) is 24.3 Å². The number of nitrogens with one attached hydrogen (secondary N) is 1. The standard InChI is InChI=1S/C14H21NO9/c1-6(16)15-11-12(22-8(3)18)10(5-21-7(2)17)24-14(20)13(11)23-9(4)19/h10-14,20H,5H2,1-4H3,(H,15,16)/t10-,11-,12-,13-,14-/m1/s1. The van der Waals surface area contributed by atoms with Gasteiger partial charge in [0.2, 0.25) is 5.91 Å². The van der Waals surface area contributed by atoms with E-state index in [1.807, 2.05) is 0 Å². The van der Waals surface area contributed by atoms with Gasteiger partial charge < -0.3 is 29.4 Å². The maximum Gasteiger partial charge on any atom is 0.303 e. The molecule has 0 aliphatic carbocycles. The van der Waals surface area contributed by atoms with Gasteiger partial charge in [-0.25, -0.2) is 0 Å². The zero-order valence-corrected chi connectivity index (χ0v) is 13.8. The van der Waals surface area contributed by atoms with Crippen molar-refractivity contribution in [2.75, 3.05) is 6.61 Å². The fourth-order valence-electron chi connectivity index (χ4n) is 2.33. The van der Waals surface area contributed by atoms with Crippen molar-refractivity contribution in [3.05, 3.63) is 0 Å². The number of aliphatic hydroxyl groups is 1. The third-order valence-corrected chi connectivity index (χ3v) is 3.09. The van der Waals surface area contributed by atoms with Crippen LogP contribution in [0.25, 0.3) is 0 Å². The predicted molar refractivity (Wildman–Crippen MR) is 76.2 cm³/mol. The van der Waals surface area contributed by atoms with E-state index >= 15 is 0 Å². The molecule has 1 heterocycles. The van der Waals surface area contributed by atoms with Crippen LogP contribution >= 0.6 is 0 Å². The van der Waals surface area contributed by atoms with Crippen molar-refractivity contribution in [2.45, 2.75) is 58.3 Å². The first-order chi connectivity index (χ1) is 11.1. The molecule has 1 aliphatic heterocycles. The van der Waals surface area contributed by atoms with Gasteiger partial charge in [-0.3, -0.25) is 19.2 Å². The van der Waals surface area contributed by atoms with E-state index in [0.717, 1.165) is 13.8 Å². The molecular formula is C14H21NO9. The van der Waals surface area contributed by atoms with Gasteiger partial charge >= 0.3 is 17.9 Å². The molecule has 136 valence electrons. The number of aliphatic hydroxyl groups excluding tert-OH is 1. The average Bonchev–Trinajstić information content (AvgIpc) is 2.42. The highest BCUT2D eigenvalue weighted by Gasteiger charge is 2.50. The molecule has 2 N–H and O–H groups in total. The maximum atomic E-state index is 11.5. The Morgan fingerprint density at radius 2 is 1.50 bits per heavy atom. The molecule has 1 aliphatic rings. The lowest BCUT2D eigenvalue weighted by atomic mass is 9.95. The molecule has 1 amide bonds. The molecule has 5 atom stereocenters. The Hall–Kier alpha value is -2.20. The van der Waals surface area contributed by atoms with Crippen LogP contribution < -0.4 is 5.32 Å². The van der Waals surface area contributed by atoms with Crippen LogP contribution in [0.3, 0.4) is 0 Å². The minimum atomic E-state index is -1.61. The summed E-state index contributed by atoms with van der Waals surface area (Å²) in [5, 5.41) is 12.5. The lowest BCUT2D eigenvalue weighted by molar-refractivity contribution is -0.271. The van der Waals surface area contributed by atoms with Crippen LogP contribution in [0.1, 0.15) is 27.7 Å². The van der Waals surface area contributed by atoms with E-state index < -0.39 is 54.5 Å². The Kier molecular flexibility index (Phi) is 7.11. The Bertz CT molecular complexity index is 506. The van der Waals surface area contributed by atoms with Crippen LogP contribution in [0.4, 0.5) is 0 Å². The topological polar surface area (TPSA) is 137 Å². The SMILES string of the molecule is CC(=O)N[C@H]1[C@@H](OC(C)=O)[C@H](O)O[C@H](COC(C)=O)[C@H]1OC(C)=O.